The zero-order valence-electron chi connectivity index (χ0n) is 10.4. The first-order valence-corrected chi connectivity index (χ1v) is 6.35. The molecule has 16 heavy (non-hydrogen) atoms. The van der Waals surface area contributed by atoms with Gasteiger partial charge in [0, 0.05) is 26.2 Å². The van der Waals surface area contributed by atoms with Crippen LogP contribution >= 0.6 is 0 Å². The molecule has 2 rings (SSSR count). The van der Waals surface area contributed by atoms with Gasteiger partial charge in [-0.15, -0.1) is 0 Å². The van der Waals surface area contributed by atoms with Gasteiger partial charge in [0.1, 0.15) is 0 Å². The van der Waals surface area contributed by atoms with Crippen molar-refractivity contribution in [2.24, 2.45) is 5.92 Å². The lowest BCUT2D eigenvalue weighted by molar-refractivity contribution is -0.137. The molecule has 4 nitrogen and oxygen atoms in total. The summed E-state index contributed by atoms with van der Waals surface area (Å²) < 4.78 is 0. The molecule has 2 aliphatic heterocycles. The normalized spacial score (nSPS) is 29.8. The van der Waals surface area contributed by atoms with Gasteiger partial charge in [0.25, 0.3) is 0 Å². The van der Waals surface area contributed by atoms with Crippen LogP contribution in [0.2, 0.25) is 0 Å². The van der Waals surface area contributed by atoms with E-state index in [9.17, 15) is 4.79 Å². The molecular weight excluding hydrogens is 202 g/mol. The molecule has 0 bridgehead atoms. The number of carbonyl (C=O) groups excluding carboxylic acids is 1. The van der Waals surface area contributed by atoms with Gasteiger partial charge in [0.2, 0.25) is 5.91 Å². The first kappa shape index (κ1) is 11.9. The number of hydrogen-bond acceptors (Lipinski definition) is 3. The first-order chi connectivity index (χ1) is 7.66. The quantitative estimate of drug-likeness (QED) is 0.726. The molecule has 0 radical (unpaired) electrons. The fraction of sp³-hybridized carbons (Fsp3) is 0.917. The topological polar surface area (TPSA) is 35.6 Å². The van der Waals surface area contributed by atoms with Crippen molar-refractivity contribution in [2.75, 3.05) is 39.8 Å². The van der Waals surface area contributed by atoms with Crippen LogP contribution in [0.25, 0.3) is 0 Å². The van der Waals surface area contributed by atoms with E-state index < -0.39 is 0 Å². The van der Waals surface area contributed by atoms with E-state index in [0.717, 1.165) is 32.1 Å². The van der Waals surface area contributed by atoms with Crippen molar-refractivity contribution in [3.63, 3.8) is 0 Å². The summed E-state index contributed by atoms with van der Waals surface area (Å²) in [6.07, 6.45) is 2.52. The molecule has 1 N–H and O–H groups in total. The lowest BCUT2D eigenvalue weighted by Crippen LogP contribution is -2.54. The highest BCUT2D eigenvalue weighted by Crippen LogP contribution is 2.16. The molecule has 1 amide bonds. The molecule has 92 valence electrons. The molecule has 0 aliphatic carbocycles. The zero-order chi connectivity index (χ0) is 11.5. The third kappa shape index (κ3) is 2.74. The van der Waals surface area contributed by atoms with Crippen LogP contribution in [0.5, 0.6) is 0 Å². The van der Waals surface area contributed by atoms with Crippen LogP contribution in [0.1, 0.15) is 19.8 Å². The second-order valence-electron chi connectivity index (χ2n) is 5.24. The molecular formula is C12H23N3O. The minimum absolute atomic E-state index is 0.271. The van der Waals surface area contributed by atoms with Gasteiger partial charge in [-0.1, -0.05) is 0 Å². The number of likely N-dealkylation sites (N-methyl/N-ethyl adjacent to an activating group) is 1. The Kier molecular flexibility index (Phi) is 3.82. The van der Waals surface area contributed by atoms with Gasteiger partial charge in [-0.05, 0) is 38.8 Å². The van der Waals surface area contributed by atoms with Gasteiger partial charge in [-0.25, -0.2) is 0 Å². The van der Waals surface area contributed by atoms with E-state index in [4.69, 9.17) is 0 Å². The Morgan fingerprint density at radius 2 is 2.06 bits per heavy atom. The Balaban J connectivity index is 1.83. The van der Waals surface area contributed by atoms with Gasteiger partial charge in [-0.3, -0.25) is 9.69 Å². The number of piperidine rings is 1. The Labute approximate surface area is 98.0 Å². The molecule has 2 fully saturated rings. The van der Waals surface area contributed by atoms with Crippen LogP contribution < -0.4 is 5.32 Å². The molecule has 0 spiro atoms. The summed E-state index contributed by atoms with van der Waals surface area (Å²) in [7, 11) is 1.91. The predicted molar refractivity (Wildman–Crippen MR) is 64.3 cm³/mol. The molecule has 1 unspecified atom stereocenters. The van der Waals surface area contributed by atoms with Crippen LogP contribution in [0.4, 0.5) is 0 Å². The van der Waals surface area contributed by atoms with Crippen molar-refractivity contribution in [3.05, 3.63) is 0 Å². The highest BCUT2D eigenvalue weighted by atomic mass is 16.2. The van der Waals surface area contributed by atoms with Crippen LogP contribution in [-0.2, 0) is 4.79 Å². The number of nitrogens with zero attached hydrogens (tertiary/aromatic N) is 2. The maximum absolute atomic E-state index is 11.7. The van der Waals surface area contributed by atoms with Gasteiger partial charge >= 0.3 is 0 Å². The molecule has 4 heteroatoms. The summed E-state index contributed by atoms with van der Waals surface area (Å²) in [6, 6.07) is 0.364. The fourth-order valence-corrected chi connectivity index (χ4v) is 2.68. The molecule has 2 heterocycles. The van der Waals surface area contributed by atoms with Crippen molar-refractivity contribution in [3.8, 4) is 0 Å². The molecule has 0 aromatic heterocycles. The molecule has 0 saturated carbocycles. The highest BCUT2D eigenvalue weighted by Gasteiger charge is 2.28. The Morgan fingerprint density at radius 3 is 2.69 bits per heavy atom. The van der Waals surface area contributed by atoms with E-state index in [1.807, 2.05) is 11.9 Å². The second kappa shape index (κ2) is 5.15. The molecule has 0 aromatic carbocycles. The average molecular weight is 225 g/mol. The number of piperazine rings is 1. The van der Waals surface area contributed by atoms with Crippen LogP contribution in [0.3, 0.4) is 0 Å². The summed E-state index contributed by atoms with van der Waals surface area (Å²) in [5, 5.41) is 3.38. The second-order valence-corrected chi connectivity index (χ2v) is 5.24. The maximum Gasteiger partial charge on any atom is 0.236 e. The largest absolute Gasteiger partial charge is 0.341 e. The molecule has 0 aromatic rings. The van der Waals surface area contributed by atoms with Crippen LogP contribution in [0, 0.1) is 5.92 Å². The lowest BCUT2D eigenvalue weighted by Gasteiger charge is -2.39. The van der Waals surface area contributed by atoms with Crippen molar-refractivity contribution >= 4 is 5.91 Å². The number of amides is 1. The van der Waals surface area contributed by atoms with Gasteiger partial charge in [-0.2, -0.15) is 0 Å². The third-order valence-electron chi connectivity index (χ3n) is 3.91. The summed E-state index contributed by atoms with van der Waals surface area (Å²) >= 11 is 0. The van der Waals surface area contributed by atoms with E-state index in [1.54, 1.807) is 0 Å². The molecule has 1 atom stereocenters. The number of nitrogens with one attached hydrogen (secondary N) is 1. The maximum atomic E-state index is 11.7. The van der Waals surface area contributed by atoms with Gasteiger partial charge in [0.15, 0.2) is 0 Å². The standard InChI is InChI=1S/C12H23N3O/c1-10-7-15(9-12(16)14(10)2)8-11-3-5-13-6-4-11/h10-11,13H,3-9H2,1-2H3. The third-order valence-corrected chi connectivity index (χ3v) is 3.91. The summed E-state index contributed by atoms with van der Waals surface area (Å²) in [4.78, 5) is 15.9. The van der Waals surface area contributed by atoms with E-state index in [-0.39, 0.29) is 5.91 Å². The van der Waals surface area contributed by atoms with Crippen molar-refractivity contribution in [1.82, 2.24) is 15.1 Å². The first-order valence-electron chi connectivity index (χ1n) is 6.35. The molecule has 2 saturated heterocycles. The lowest BCUT2D eigenvalue weighted by atomic mass is 9.97. The highest BCUT2D eigenvalue weighted by molar-refractivity contribution is 5.79. The fourth-order valence-electron chi connectivity index (χ4n) is 2.68. The Bertz CT molecular complexity index is 251. The van der Waals surface area contributed by atoms with Crippen LogP contribution in [-0.4, -0.2) is 61.5 Å². The number of carbonyl (C=O) groups is 1. The minimum atomic E-state index is 0.271. The van der Waals surface area contributed by atoms with E-state index in [2.05, 4.69) is 17.1 Å². The summed E-state index contributed by atoms with van der Waals surface area (Å²) in [5.74, 6) is 1.05. The Morgan fingerprint density at radius 1 is 1.38 bits per heavy atom. The smallest absolute Gasteiger partial charge is 0.236 e. The molecule has 2 aliphatic rings. The number of rotatable bonds is 2. The zero-order valence-corrected chi connectivity index (χ0v) is 10.4. The predicted octanol–water partition coefficient (Wildman–Crippen LogP) is 0.149. The van der Waals surface area contributed by atoms with Gasteiger partial charge < -0.3 is 10.2 Å². The van der Waals surface area contributed by atoms with Crippen molar-refractivity contribution < 1.29 is 4.79 Å². The monoisotopic (exact) mass is 225 g/mol. The Hall–Kier alpha value is -0.610. The van der Waals surface area contributed by atoms with Gasteiger partial charge in [0.05, 0.1) is 6.54 Å². The van der Waals surface area contributed by atoms with Crippen molar-refractivity contribution in [2.45, 2.75) is 25.8 Å². The minimum Gasteiger partial charge on any atom is -0.341 e. The van der Waals surface area contributed by atoms with E-state index in [1.165, 1.54) is 12.8 Å². The van der Waals surface area contributed by atoms with E-state index >= 15 is 0 Å². The number of hydrogen-bond donors (Lipinski definition) is 1. The summed E-state index contributed by atoms with van der Waals surface area (Å²) in [5.41, 5.74) is 0. The van der Waals surface area contributed by atoms with E-state index in [0.29, 0.717) is 12.6 Å². The summed E-state index contributed by atoms with van der Waals surface area (Å²) in [6.45, 7) is 7.17. The van der Waals surface area contributed by atoms with Crippen molar-refractivity contribution in [1.29, 1.82) is 0 Å². The SMILES string of the molecule is CC1CN(CC2CCNCC2)CC(=O)N1C. The average Bonchev–Trinajstić information content (AvgIpc) is 2.27. The van der Waals surface area contributed by atoms with Crippen LogP contribution in [0.15, 0.2) is 0 Å².